The molecular formula is C31H38ClN3O6. The van der Waals surface area contributed by atoms with Gasteiger partial charge < -0.3 is 30.1 Å². The molecule has 0 aromatic heterocycles. The molecule has 3 amide bonds. The average molecular weight is 584 g/mol. The highest BCUT2D eigenvalue weighted by Crippen LogP contribution is 2.65. The van der Waals surface area contributed by atoms with Gasteiger partial charge in [0.05, 0.1) is 36.7 Å². The van der Waals surface area contributed by atoms with E-state index < -0.39 is 41.0 Å². The Bertz CT molecular complexity index is 1320. The van der Waals surface area contributed by atoms with Crippen LogP contribution in [0.4, 0.5) is 11.4 Å². The van der Waals surface area contributed by atoms with E-state index in [9.17, 15) is 19.5 Å². The van der Waals surface area contributed by atoms with Gasteiger partial charge in [-0.05, 0) is 80.6 Å². The van der Waals surface area contributed by atoms with E-state index in [1.807, 2.05) is 34.6 Å². The van der Waals surface area contributed by atoms with Crippen LogP contribution in [0.5, 0.6) is 5.75 Å². The van der Waals surface area contributed by atoms with Gasteiger partial charge in [-0.1, -0.05) is 32.4 Å². The van der Waals surface area contributed by atoms with Gasteiger partial charge in [0.2, 0.25) is 17.7 Å². The highest BCUT2D eigenvalue weighted by Gasteiger charge is 2.80. The maximum Gasteiger partial charge on any atom is 0.250 e. The number of rotatable bonds is 9. The number of aliphatic hydroxyl groups excluding tert-OH is 1. The number of hydrogen-bond donors (Lipinski definition) is 3. The number of anilines is 2. The first-order valence-electron chi connectivity index (χ1n) is 14.2. The minimum atomic E-state index is -1.23. The molecular weight excluding hydrogens is 546 g/mol. The van der Waals surface area contributed by atoms with Crippen LogP contribution in [0.2, 0.25) is 5.02 Å². The molecule has 2 bridgehead atoms. The number of nitrogens with zero attached hydrogens (tertiary/aromatic N) is 1. The summed E-state index contributed by atoms with van der Waals surface area (Å²) in [5, 5.41) is 16.8. The molecule has 3 aliphatic rings. The Kier molecular flexibility index (Phi) is 7.82. The summed E-state index contributed by atoms with van der Waals surface area (Å²) < 4.78 is 12.3. The van der Waals surface area contributed by atoms with Crippen molar-refractivity contribution >= 4 is 40.7 Å². The molecule has 10 heteroatoms. The lowest BCUT2D eigenvalue weighted by atomic mass is 9.62. The summed E-state index contributed by atoms with van der Waals surface area (Å²) in [4.78, 5) is 43.9. The first-order chi connectivity index (χ1) is 19.5. The van der Waals surface area contributed by atoms with Crippen molar-refractivity contribution in [3.05, 3.63) is 53.6 Å². The van der Waals surface area contributed by atoms with Crippen LogP contribution in [0.1, 0.15) is 41.0 Å². The summed E-state index contributed by atoms with van der Waals surface area (Å²) in [6.07, 6.45) is 0.429. The van der Waals surface area contributed by atoms with E-state index in [1.165, 1.54) is 4.90 Å². The molecule has 3 N–H and O–H groups in total. The van der Waals surface area contributed by atoms with Gasteiger partial charge in [-0.3, -0.25) is 14.4 Å². The Morgan fingerprint density at radius 3 is 2.24 bits per heavy atom. The molecule has 220 valence electrons. The molecule has 2 aromatic carbocycles. The zero-order valence-electron chi connectivity index (χ0n) is 24.0. The highest BCUT2D eigenvalue weighted by atomic mass is 35.5. The third kappa shape index (κ3) is 4.77. The Labute approximate surface area is 245 Å². The zero-order chi connectivity index (χ0) is 29.7. The smallest absolute Gasteiger partial charge is 0.250 e. The van der Waals surface area contributed by atoms with E-state index in [1.54, 1.807) is 48.5 Å². The lowest BCUT2D eigenvalue weighted by Gasteiger charge is -2.38. The molecule has 1 spiro atoms. The summed E-state index contributed by atoms with van der Waals surface area (Å²) in [6, 6.07) is 12.1. The third-order valence-electron chi connectivity index (χ3n) is 9.14. The maximum absolute atomic E-state index is 14.4. The molecule has 2 aromatic rings. The van der Waals surface area contributed by atoms with Crippen molar-refractivity contribution in [3.8, 4) is 5.75 Å². The van der Waals surface area contributed by atoms with Gasteiger partial charge in [-0.2, -0.15) is 0 Å². The number of ether oxygens (including phenoxy) is 2. The number of aliphatic hydroxyl groups is 1. The van der Waals surface area contributed by atoms with Crippen LogP contribution in [0.25, 0.3) is 0 Å². The second kappa shape index (κ2) is 10.9. The SMILES string of the molecule is CCOc1ccc(NC(=O)[C@H]2[C@H]3C(=O)N([C@@H](CO)C(C)C)C(C(=O)Nc4ccc(Cl)cc4)C34CC(C)[C@]2(C)O4)cc1. The van der Waals surface area contributed by atoms with Gasteiger partial charge in [0.25, 0.3) is 0 Å². The fourth-order valence-electron chi connectivity index (χ4n) is 7.12. The monoisotopic (exact) mass is 583 g/mol. The second-order valence-electron chi connectivity index (χ2n) is 11.9. The summed E-state index contributed by atoms with van der Waals surface area (Å²) in [5.74, 6) is -2.41. The number of hydrogen-bond acceptors (Lipinski definition) is 6. The van der Waals surface area contributed by atoms with Crippen LogP contribution in [0, 0.1) is 23.7 Å². The first kappa shape index (κ1) is 29.4. The minimum Gasteiger partial charge on any atom is -0.494 e. The lowest BCUT2D eigenvalue weighted by Crippen LogP contribution is -2.57. The summed E-state index contributed by atoms with van der Waals surface area (Å²) in [7, 11) is 0. The minimum absolute atomic E-state index is 0.111. The van der Waals surface area contributed by atoms with E-state index in [2.05, 4.69) is 10.6 Å². The Morgan fingerprint density at radius 1 is 1.10 bits per heavy atom. The van der Waals surface area contributed by atoms with Crippen LogP contribution in [-0.2, 0) is 19.1 Å². The van der Waals surface area contributed by atoms with Gasteiger partial charge in [0.1, 0.15) is 17.4 Å². The number of likely N-dealkylation sites (tertiary alicyclic amines) is 1. The quantitative estimate of drug-likeness (QED) is 0.404. The number of nitrogens with one attached hydrogen (secondary N) is 2. The molecule has 3 unspecified atom stereocenters. The molecule has 5 rings (SSSR count). The molecule has 3 aliphatic heterocycles. The molecule has 0 radical (unpaired) electrons. The van der Waals surface area contributed by atoms with Crippen LogP contribution in [-0.4, -0.2) is 64.2 Å². The van der Waals surface area contributed by atoms with Gasteiger partial charge in [0.15, 0.2) is 0 Å². The summed E-state index contributed by atoms with van der Waals surface area (Å²) >= 11 is 6.04. The number of carbonyl (C=O) groups excluding carboxylic acids is 3. The maximum atomic E-state index is 14.4. The van der Waals surface area contributed by atoms with E-state index in [0.717, 1.165) is 0 Å². The highest BCUT2D eigenvalue weighted by molar-refractivity contribution is 6.30. The molecule has 3 heterocycles. The summed E-state index contributed by atoms with van der Waals surface area (Å²) in [6.45, 7) is 9.75. The number of carbonyl (C=O) groups is 3. The molecule has 41 heavy (non-hydrogen) atoms. The van der Waals surface area contributed by atoms with Crippen molar-refractivity contribution in [2.75, 3.05) is 23.8 Å². The largest absolute Gasteiger partial charge is 0.494 e. The zero-order valence-corrected chi connectivity index (χ0v) is 24.8. The van der Waals surface area contributed by atoms with Gasteiger partial charge >= 0.3 is 0 Å². The van der Waals surface area contributed by atoms with Crippen molar-refractivity contribution in [3.63, 3.8) is 0 Å². The van der Waals surface area contributed by atoms with Gasteiger partial charge in [-0.25, -0.2) is 0 Å². The van der Waals surface area contributed by atoms with Crippen molar-refractivity contribution < 1.29 is 29.0 Å². The first-order valence-corrected chi connectivity index (χ1v) is 14.6. The topological polar surface area (TPSA) is 117 Å². The number of amides is 3. The van der Waals surface area contributed by atoms with Crippen molar-refractivity contribution in [2.45, 2.75) is 64.3 Å². The number of fused-ring (bicyclic) bond motifs is 1. The second-order valence-corrected chi connectivity index (χ2v) is 12.3. The fraction of sp³-hybridized carbons (Fsp3) is 0.516. The number of benzene rings is 2. The Hall–Kier alpha value is -3.14. The molecule has 3 saturated heterocycles. The van der Waals surface area contributed by atoms with Crippen molar-refractivity contribution in [2.24, 2.45) is 23.7 Å². The standard InChI is InChI=1S/C31H38ClN3O6/c1-6-40-22-13-11-21(12-14-22)33-27(37)24-25-29(39)35(23(16-36)17(2)3)26(31(25)15-18(4)30(24,5)41-31)28(38)34-20-9-7-19(32)8-10-20/h7-14,17-18,23-26,36H,6,15-16H2,1-5H3,(H,33,37)(H,34,38)/t18?,23-,24+,25-,26?,30-,31?/m0/s1. The molecule has 0 aliphatic carbocycles. The average Bonchev–Trinajstić information content (AvgIpc) is 3.44. The van der Waals surface area contributed by atoms with Crippen molar-refractivity contribution in [1.29, 1.82) is 0 Å². The predicted octanol–water partition coefficient (Wildman–Crippen LogP) is 4.34. The van der Waals surface area contributed by atoms with E-state index in [0.29, 0.717) is 35.2 Å². The third-order valence-corrected chi connectivity index (χ3v) is 9.39. The van der Waals surface area contributed by atoms with Gasteiger partial charge in [-0.15, -0.1) is 0 Å². The van der Waals surface area contributed by atoms with E-state index in [-0.39, 0.29) is 30.3 Å². The number of halogens is 1. The summed E-state index contributed by atoms with van der Waals surface area (Å²) in [5.41, 5.74) is -1.10. The molecule has 3 fully saturated rings. The van der Waals surface area contributed by atoms with Crippen LogP contribution >= 0.6 is 11.6 Å². The van der Waals surface area contributed by atoms with E-state index in [4.69, 9.17) is 21.1 Å². The normalized spacial score (nSPS) is 30.8. The van der Waals surface area contributed by atoms with Crippen LogP contribution in [0.3, 0.4) is 0 Å². The van der Waals surface area contributed by atoms with Crippen LogP contribution in [0.15, 0.2) is 48.5 Å². The predicted molar refractivity (Wildman–Crippen MR) is 156 cm³/mol. The lowest BCUT2D eigenvalue weighted by molar-refractivity contribution is -0.149. The van der Waals surface area contributed by atoms with E-state index >= 15 is 0 Å². The van der Waals surface area contributed by atoms with Crippen LogP contribution < -0.4 is 15.4 Å². The van der Waals surface area contributed by atoms with Crippen molar-refractivity contribution in [1.82, 2.24) is 4.90 Å². The fourth-order valence-corrected chi connectivity index (χ4v) is 7.24. The molecule has 9 nitrogen and oxygen atoms in total. The Balaban J connectivity index is 1.53. The molecule has 0 saturated carbocycles. The van der Waals surface area contributed by atoms with Gasteiger partial charge in [0, 0.05) is 16.4 Å². The molecule has 7 atom stereocenters. The Morgan fingerprint density at radius 2 is 1.68 bits per heavy atom.